The van der Waals surface area contributed by atoms with E-state index in [1.54, 1.807) is 14.1 Å². The van der Waals surface area contributed by atoms with Gasteiger partial charge in [0.25, 0.3) is 5.91 Å². The molecule has 1 fully saturated rings. The van der Waals surface area contributed by atoms with E-state index in [2.05, 4.69) is 0 Å². The normalized spacial score (nSPS) is 25.1. The van der Waals surface area contributed by atoms with Crippen molar-refractivity contribution >= 4 is 39.7 Å². The lowest BCUT2D eigenvalue weighted by Gasteiger charge is -2.50. The fourth-order valence-corrected chi connectivity index (χ4v) is 7.36. The van der Waals surface area contributed by atoms with Gasteiger partial charge in [-0.15, -0.1) is 0 Å². The van der Waals surface area contributed by atoms with Crippen LogP contribution < -0.4 is 10.6 Å². The summed E-state index contributed by atoms with van der Waals surface area (Å²) in [6.45, 7) is 0. The van der Waals surface area contributed by atoms with Gasteiger partial charge < -0.3 is 31.1 Å². The summed E-state index contributed by atoms with van der Waals surface area (Å²) < 4.78 is 0. The Hall–Kier alpha value is -4.67. The maximum Gasteiger partial charge on any atom is 0.255 e. The highest BCUT2D eigenvalue weighted by Crippen LogP contribution is 2.55. The van der Waals surface area contributed by atoms with Gasteiger partial charge in [0.05, 0.1) is 11.6 Å². The minimum absolute atomic E-state index is 0.0322. The second-order valence-electron chi connectivity index (χ2n) is 12.0. The van der Waals surface area contributed by atoms with Crippen molar-refractivity contribution in [2.45, 2.75) is 24.5 Å². The molecule has 1 amide bonds. The highest BCUT2D eigenvalue weighted by molar-refractivity contribution is 6.24. The molecule has 0 aromatic heterocycles. The number of fused-ring (bicyclic) bond motifs is 4. The molecule has 0 bridgehead atoms. The number of rotatable bonds is 4. The first-order chi connectivity index (χ1) is 20.3. The van der Waals surface area contributed by atoms with Crippen molar-refractivity contribution in [1.82, 2.24) is 4.90 Å². The minimum Gasteiger partial charge on any atom is -0.508 e. The minimum atomic E-state index is -2.68. The summed E-state index contributed by atoms with van der Waals surface area (Å²) in [5, 5.41) is 48.4. The van der Waals surface area contributed by atoms with E-state index in [1.165, 1.54) is 4.90 Å². The largest absolute Gasteiger partial charge is 0.508 e. The number of aliphatic hydroxyl groups is 3. The molecule has 6 N–H and O–H groups in total. The number of phenolic OH excluding ortho intramolecular Hbond substituents is 1. The first-order valence-corrected chi connectivity index (χ1v) is 14.0. The summed E-state index contributed by atoms with van der Waals surface area (Å²) in [6, 6.07) is 14.1. The Balaban J connectivity index is 1.62. The summed E-state index contributed by atoms with van der Waals surface area (Å²) in [5.41, 5.74) is 4.28. The molecule has 6 rings (SSSR count). The predicted octanol–water partition coefficient (Wildman–Crippen LogP) is 2.85. The van der Waals surface area contributed by atoms with E-state index in [1.807, 2.05) is 67.5 Å². The van der Waals surface area contributed by atoms with Gasteiger partial charge in [0.1, 0.15) is 22.8 Å². The topological polar surface area (TPSA) is 165 Å². The highest BCUT2D eigenvalue weighted by atomic mass is 16.3. The molecule has 43 heavy (non-hydrogen) atoms. The van der Waals surface area contributed by atoms with Gasteiger partial charge in [-0.1, -0.05) is 42.5 Å². The summed E-state index contributed by atoms with van der Waals surface area (Å²) >= 11 is 0. The van der Waals surface area contributed by atoms with E-state index in [9.17, 15) is 34.8 Å². The lowest BCUT2D eigenvalue weighted by atomic mass is 9.57. The van der Waals surface area contributed by atoms with E-state index in [0.29, 0.717) is 11.1 Å². The molecule has 0 spiro atoms. The molecule has 3 aromatic rings. The Kier molecular flexibility index (Phi) is 6.41. The fourth-order valence-electron chi connectivity index (χ4n) is 7.36. The number of nitrogens with two attached hydrogens (primary N) is 1. The van der Waals surface area contributed by atoms with Crippen LogP contribution in [0.2, 0.25) is 0 Å². The van der Waals surface area contributed by atoms with E-state index < -0.39 is 58.0 Å². The smallest absolute Gasteiger partial charge is 0.255 e. The molecule has 222 valence electrons. The number of aliphatic hydroxyl groups excluding tert-OH is 2. The molecule has 10 nitrogen and oxygen atoms in total. The average molecular weight is 584 g/mol. The van der Waals surface area contributed by atoms with Crippen LogP contribution >= 0.6 is 0 Å². The molecule has 1 saturated carbocycles. The standard InChI is InChI=1S/C33H33N3O7/c1-35(2)22-14-19(18-11-7-9-15-8-5-6-10-17(15)18)27(37)24-20(22)12-16-13-21-26(36(3)4)29(39)25(32(34)42)31(41)33(21,43)30(40)23(16)28(24)38/h5-11,14,16,21,26,37-38,41,43H,12-13H2,1-4H3,(H2,34,42). The SMILES string of the molecule is CN(C)c1cc(-c2cccc3ccccc23)c(O)c2c1CC1CC3C(N(C)C)C(=O)C(C(N)=O)=C(O)C3(O)C(=O)C1=C2O. The molecule has 0 saturated heterocycles. The third-order valence-electron chi connectivity index (χ3n) is 9.26. The molecule has 3 aliphatic carbocycles. The van der Waals surface area contributed by atoms with Crippen molar-refractivity contribution in [2.24, 2.45) is 17.6 Å². The van der Waals surface area contributed by atoms with Crippen LogP contribution in [0.4, 0.5) is 5.69 Å². The van der Waals surface area contributed by atoms with Gasteiger partial charge in [-0.3, -0.25) is 19.3 Å². The number of aromatic hydroxyl groups is 1. The van der Waals surface area contributed by atoms with Gasteiger partial charge in [-0.2, -0.15) is 0 Å². The number of amides is 1. The third kappa shape index (κ3) is 3.83. The number of carbonyl (C=O) groups is 3. The van der Waals surface area contributed by atoms with Crippen LogP contribution in [0, 0.1) is 11.8 Å². The number of carbonyl (C=O) groups excluding carboxylic acids is 3. The molecule has 0 radical (unpaired) electrons. The lowest BCUT2D eigenvalue weighted by Crippen LogP contribution is -2.65. The number of benzene rings is 3. The van der Waals surface area contributed by atoms with Gasteiger partial charge >= 0.3 is 0 Å². The highest BCUT2D eigenvalue weighted by Gasteiger charge is 2.64. The van der Waals surface area contributed by atoms with Crippen molar-refractivity contribution in [1.29, 1.82) is 0 Å². The van der Waals surface area contributed by atoms with Crippen LogP contribution in [0.15, 0.2) is 65.4 Å². The first kappa shape index (κ1) is 28.4. The van der Waals surface area contributed by atoms with Crippen LogP contribution in [-0.2, 0) is 20.8 Å². The first-order valence-electron chi connectivity index (χ1n) is 14.0. The van der Waals surface area contributed by atoms with E-state index >= 15 is 0 Å². The number of likely N-dealkylation sites (N-methyl/N-ethyl adjacent to an activating group) is 1. The van der Waals surface area contributed by atoms with Crippen molar-refractivity contribution < 1.29 is 34.8 Å². The van der Waals surface area contributed by atoms with Crippen molar-refractivity contribution in [3.8, 4) is 16.9 Å². The lowest BCUT2D eigenvalue weighted by molar-refractivity contribution is -0.153. The number of nitrogens with zero attached hydrogens (tertiary/aromatic N) is 2. The Labute approximate surface area is 247 Å². The zero-order valence-corrected chi connectivity index (χ0v) is 24.3. The molecular weight excluding hydrogens is 550 g/mol. The zero-order chi connectivity index (χ0) is 31.1. The Morgan fingerprint density at radius 2 is 1.65 bits per heavy atom. The van der Waals surface area contributed by atoms with Gasteiger partial charge in [0.2, 0.25) is 5.78 Å². The van der Waals surface area contributed by atoms with Crippen molar-refractivity contribution in [3.63, 3.8) is 0 Å². The van der Waals surface area contributed by atoms with Gasteiger partial charge in [0.15, 0.2) is 11.4 Å². The summed E-state index contributed by atoms with van der Waals surface area (Å²) in [5.74, 6) is -6.71. The molecule has 4 atom stereocenters. The summed E-state index contributed by atoms with van der Waals surface area (Å²) in [7, 11) is 6.84. The number of ketones is 2. The van der Waals surface area contributed by atoms with Crippen LogP contribution in [0.3, 0.4) is 0 Å². The molecule has 4 unspecified atom stereocenters. The Morgan fingerprint density at radius 3 is 2.30 bits per heavy atom. The molecule has 0 aliphatic heterocycles. The maximum absolute atomic E-state index is 14.2. The predicted molar refractivity (Wildman–Crippen MR) is 162 cm³/mol. The van der Waals surface area contributed by atoms with Crippen molar-refractivity contribution in [2.75, 3.05) is 33.1 Å². The quantitative estimate of drug-likeness (QED) is 0.291. The van der Waals surface area contributed by atoms with Crippen LogP contribution in [0.5, 0.6) is 5.75 Å². The van der Waals surface area contributed by atoms with Gasteiger partial charge in [0, 0.05) is 36.8 Å². The summed E-state index contributed by atoms with van der Waals surface area (Å²) in [4.78, 5) is 43.1. The van der Waals surface area contributed by atoms with Gasteiger partial charge in [-0.05, 0) is 60.8 Å². The molecule has 3 aromatic carbocycles. The van der Waals surface area contributed by atoms with E-state index in [0.717, 1.165) is 22.0 Å². The fraction of sp³-hybridized carbons (Fsp3) is 0.303. The number of hydrogen-bond acceptors (Lipinski definition) is 9. The number of primary amides is 1. The second kappa shape index (κ2) is 9.68. The zero-order valence-electron chi connectivity index (χ0n) is 24.3. The number of hydrogen-bond donors (Lipinski definition) is 5. The monoisotopic (exact) mass is 583 g/mol. The van der Waals surface area contributed by atoms with Crippen LogP contribution in [0.1, 0.15) is 17.5 Å². The van der Waals surface area contributed by atoms with Crippen LogP contribution in [0.25, 0.3) is 27.7 Å². The Morgan fingerprint density at radius 1 is 0.977 bits per heavy atom. The third-order valence-corrected chi connectivity index (χ3v) is 9.26. The number of anilines is 1. The van der Waals surface area contributed by atoms with E-state index in [4.69, 9.17) is 5.73 Å². The van der Waals surface area contributed by atoms with E-state index in [-0.39, 0.29) is 29.7 Å². The molecule has 0 heterocycles. The molecule has 3 aliphatic rings. The number of Topliss-reactive ketones (excluding diaryl/α,β-unsaturated/α-hetero) is 2. The second-order valence-corrected chi connectivity index (χ2v) is 12.0. The molecular formula is C33H33N3O7. The van der Waals surface area contributed by atoms with Gasteiger partial charge in [-0.25, -0.2) is 0 Å². The average Bonchev–Trinajstić information content (AvgIpc) is 2.94. The Bertz CT molecular complexity index is 1820. The van der Waals surface area contributed by atoms with Crippen LogP contribution in [-0.4, -0.2) is 82.6 Å². The number of phenols is 1. The maximum atomic E-state index is 14.2. The molecule has 10 heteroatoms. The van der Waals surface area contributed by atoms with Crippen molar-refractivity contribution in [3.05, 3.63) is 76.6 Å². The summed E-state index contributed by atoms with van der Waals surface area (Å²) in [6.07, 6.45) is 0.246.